The fourth-order valence-electron chi connectivity index (χ4n) is 1.81. The average Bonchev–Trinajstić information content (AvgIpc) is 3.17. The fraction of sp³-hybridized carbons (Fsp3) is 0.231. The van der Waals surface area contributed by atoms with E-state index in [0.29, 0.717) is 31.5 Å². The van der Waals surface area contributed by atoms with Crippen LogP contribution in [-0.4, -0.2) is 9.97 Å². The van der Waals surface area contributed by atoms with Crippen LogP contribution in [0.5, 0.6) is 0 Å². The van der Waals surface area contributed by atoms with Crippen LogP contribution in [0.15, 0.2) is 27.3 Å². The molecule has 1 fully saturated rings. The molecule has 1 aliphatic rings. The van der Waals surface area contributed by atoms with E-state index in [1.807, 2.05) is 0 Å². The molecule has 0 atom stereocenters. The number of rotatable bonds is 3. The molecule has 104 valence electrons. The van der Waals surface area contributed by atoms with Crippen LogP contribution in [0.1, 0.15) is 24.6 Å². The Morgan fingerprint density at radius 1 is 1.20 bits per heavy atom. The lowest BCUT2D eigenvalue weighted by molar-refractivity contribution is 0.627. The van der Waals surface area contributed by atoms with Crippen LogP contribution < -0.4 is 5.32 Å². The van der Waals surface area contributed by atoms with Gasteiger partial charge in [-0.1, -0.05) is 11.6 Å². The zero-order chi connectivity index (χ0) is 14.3. The van der Waals surface area contributed by atoms with E-state index in [9.17, 15) is 4.39 Å². The first kappa shape index (κ1) is 14.2. The molecule has 1 N–H and O–H groups in total. The molecule has 20 heavy (non-hydrogen) atoms. The van der Waals surface area contributed by atoms with Gasteiger partial charge in [0.15, 0.2) is 0 Å². The van der Waals surface area contributed by atoms with Gasteiger partial charge in [-0.15, -0.1) is 0 Å². The van der Waals surface area contributed by atoms with Crippen molar-refractivity contribution in [1.29, 1.82) is 0 Å². The number of nitrogens with zero attached hydrogens (tertiary/aromatic N) is 2. The molecule has 0 aliphatic heterocycles. The van der Waals surface area contributed by atoms with Gasteiger partial charge in [-0.2, -0.15) is 0 Å². The molecular weight excluding hydrogens is 412 g/mol. The summed E-state index contributed by atoms with van der Waals surface area (Å²) in [5.74, 6) is 1.49. The first-order valence-electron chi connectivity index (χ1n) is 5.99. The van der Waals surface area contributed by atoms with Crippen molar-refractivity contribution in [3.8, 4) is 0 Å². The zero-order valence-electron chi connectivity index (χ0n) is 10.1. The Kier molecular flexibility index (Phi) is 3.97. The molecule has 2 aromatic rings. The van der Waals surface area contributed by atoms with Gasteiger partial charge in [0, 0.05) is 16.5 Å². The van der Waals surface area contributed by atoms with Gasteiger partial charge in [0.05, 0.1) is 10.7 Å². The molecule has 0 unspecified atom stereocenters. The molecule has 7 heteroatoms. The molecule has 0 spiro atoms. The lowest BCUT2D eigenvalue weighted by atomic mass is 10.3. The Labute approximate surface area is 137 Å². The number of aromatic nitrogens is 2. The standard InChI is InChI=1S/C13H9Br2ClFN3/c14-8-3-7(17)4-9(16)12(8)19-11-5-10(15)18-13(20-11)6-1-2-6/h3-6H,1-2H2,(H,18,19,20). The van der Waals surface area contributed by atoms with E-state index >= 15 is 0 Å². The highest BCUT2D eigenvalue weighted by Gasteiger charge is 2.27. The van der Waals surface area contributed by atoms with Crippen molar-refractivity contribution in [3.05, 3.63) is 43.9 Å². The Morgan fingerprint density at radius 3 is 2.60 bits per heavy atom. The van der Waals surface area contributed by atoms with Gasteiger partial charge in [0.1, 0.15) is 22.1 Å². The predicted molar refractivity (Wildman–Crippen MR) is 84.1 cm³/mol. The summed E-state index contributed by atoms with van der Waals surface area (Å²) < 4.78 is 14.5. The number of anilines is 2. The third-order valence-corrected chi connectivity index (χ3v) is 4.24. The second-order valence-electron chi connectivity index (χ2n) is 4.58. The van der Waals surface area contributed by atoms with Crippen LogP contribution in [0.25, 0.3) is 0 Å². The van der Waals surface area contributed by atoms with Gasteiger partial charge in [0.25, 0.3) is 0 Å². The summed E-state index contributed by atoms with van der Waals surface area (Å²) in [6.07, 6.45) is 2.24. The molecule has 1 heterocycles. The van der Waals surface area contributed by atoms with E-state index in [2.05, 4.69) is 47.1 Å². The molecular formula is C13H9Br2ClFN3. The molecule has 0 saturated heterocycles. The smallest absolute Gasteiger partial charge is 0.135 e. The van der Waals surface area contributed by atoms with E-state index in [1.165, 1.54) is 12.1 Å². The Balaban J connectivity index is 1.95. The minimum absolute atomic E-state index is 0.291. The highest BCUT2D eigenvalue weighted by molar-refractivity contribution is 9.10. The third kappa shape index (κ3) is 3.13. The summed E-state index contributed by atoms with van der Waals surface area (Å²) in [5.41, 5.74) is 0.584. The monoisotopic (exact) mass is 419 g/mol. The minimum atomic E-state index is -0.394. The van der Waals surface area contributed by atoms with Gasteiger partial charge >= 0.3 is 0 Å². The maximum absolute atomic E-state index is 13.2. The van der Waals surface area contributed by atoms with Crippen LogP contribution in [-0.2, 0) is 0 Å². The molecule has 3 nitrogen and oxygen atoms in total. The number of hydrogen-bond acceptors (Lipinski definition) is 3. The van der Waals surface area contributed by atoms with Crippen LogP contribution in [0.4, 0.5) is 15.9 Å². The SMILES string of the molecule is Fc1cc(Cl)c(Nc2cc(Br)nc(C3CC3)n2)c(Br)c1. The maximum atomic E-state index is 13.2. The molecule has 0 radical (unpaired) electrons. The molecule has 0 amide bonds. The Hall–Kier alpha value is -0.720. The predicted octanol–water partition coefficient (Wildman–Crippen LogP) is 5.42. The van der Waals surface area contributed by atoms with E-state index in [0.717, 1.165) is 18.7 Å². The van der Waals surface area contributed by atoms with Crippen molar-refractivity contribution in [3.63, 3.8) is 0 Å². The van der Waals surface area contributed by atoms with Gasteiger partial charge in [0.2, 0.25) is 0 Å². The van der Waals surface area contributed by atoms with Crippen molar-refractivity contribution in [2.45, 2.75) is 18.8 Å². The van der Waals surface area contributed by atoms with Crippen LogP contribution in [0, 0.1) is 5.82 Å². The number of nitrogens with one attached hydrogen (secondary N) is 1. The van der Waals surface area contributed by atoms with Gasteiger partial charge in [-0.05, 0) is 56.8 Å². The Morgan fingerprint density at radius 2 is 1.95 bits per heavy atom. The summed E-state index contributed by atoms with van der Waals surface area (Å²) in [7, 11) is 0. The van der Waals surface area contributed by atoms with Crippen LogP contribution >= 0.6 is 43.5 Å². The van der Waals surface area contributed by atoms with E-state index in [4.69, 9.17) is 11.6 Å². The van der Waals surface area contributed by atoms with E-state index in [1.54, 1.807) is 6.07 Å². The summed E-state index contributed by atoms with van der Waals surface area (Å²) in [5, 5.41) is 3.40. The zero-order valence-corrected chi connectivity index (χ0v) is 14.1. The second-order valence-corrected chi connectivity index (χ2v) is 6.65. The third-order valence-electron chi connectivity index (χ3n) is 2.91. The highest BCUT2D eigenvalue weighted by atomic mass is 79.9. The van der Waals surface area contributed by atoms with Gasteiger partial charge in [-0.3, -0.25) is 0 Å². The fourth-order valence-corrected chi connectivity index (χ4v) is 3.11. The van der Waals surface area contributed by atoms with Crippen molar-refractivity contribution in [2.75, 3.05) is 5.32 Å². The molecule has 0 bridgehead atoms. The normalized spacial score (nSPS) is 14.4. The van der Waals surface area contributed by atoms with Crippen LogP contribution in [0.2, 0.25) is 5.02 Å². The molecule has 1 aromatic heterocycles. The topological polar surface area (TPSA) is 37.8 Å². The lowest BCUT2D eigenvalue weighted by Crippen LogP contribution is -2.01. The first-order valence-corrected chi connectivity index (χ1v) is 7.95. The summed E-state index contributed by atoms with van der Waals surface area (Å²) in [4.78, 5) is 8.83. The highest BCUT2D eigenvalue weighted by Crippen LogP contribution is 2.39. The van der Waals surface area contributed by atoms with Gasteiger partial charge in [-0.25, -0.2) is 14.4 Å². The number of halogens is 4. The molecule has 1 saturated carbocycles. The summed E-state index contributed by atoms with van der Waals surface area (Å²) >= 11 is 12.7. The van der Waals surface area contributed by atoms with Crippen molar-refractivity contribution < 1.29 is 4.39 Å². The maximum Gasteiger partial charge on any atom is 0.135 e. The van der Waals surface area contributed by atoms with Crippen LogP contribution in [0.3, 0.4) is 0 Å². The molecule has 3 rings (SSSR count). The van der Waals surface area contributed by atoms with E-state index in [-0.39, 0.29) is 0 Å². The second kappa shape index (κ2) is 5.58. The van der Waals surface area contributed by atoms with Crippen molar-refractivity contribution >= 4 is 55.0 Å². The average molecular weight is 421 g/mol. The largest absolute Gasteiger partial charge is 0.338 e. The summed E-state index contributed by atoms with van der Waals surface area (Å²) in [6.45, 7) is 0. The number of hydrogen-bond donors (Lipinski definition) is 1. The first-order chi connectivity index (χ1) is 9.52. The quantitative estimate of drug-likeness (QED) is 0.673. The minimum Gasteiger partial charge on any atom is -0.338 e. The molecule has 1 aromatic carbocycles. The van der Waals surface area contributed by atoms with E-state index < -0.39 is 5.82 Å². The van der Waals surface area contributed by atoms with Crippen molar-refractivity contribution in [1.82, 2.24) is 9.97 Å². The van der Waals surface area contributed by atoms with Crippen molar-refractivity contribution in [2.24, 2.45) is 0 Å². The van der Waals surface area contributed by atoms with Gasteiger partial charge < -0.3 is 5.32 Å². The lowest BCUT2D eigenvalue weighted by Gasteiger charge is -2.11. The summed E-state index contributed by atoms with van der Waals surface area (Å²) in [6, 6.07) is 4.37. The molecule has 1 aliphatic carbocycles. The Bertz CT molecular complexity index is 654. The number of benzene rings is 1.